The van der Waals surface area contributed by atoms with E-state index in [2.05, 4.69) is 12.1 Å². The molecule has 0 aliphatic rings. The van der Waals surface area contributed by atoms with Gasteiger partial charge in [-0.15, -0.1) is 0 Å². The Hall–Kier alpha value is -2.07. The predicted octanol–water partition coefficient (Wildman–Crippen LogP) is 2.50. The Morgan fingerprint density at radius 3 is 2.65 bits per heavy atom. The molecule has 0 saturated heterocycles. The molecule has 2 rings (SSSR count). The van der Waals surface area contributed by atoms with Gasteiger partial charge in [0.1, 0.15) is 12.4 Å². The van der Waals surface area contributed by atoms with E-state index in [-0.39, 0.29) is 12.5 Å². The van der Waals surface area contributed by atoms with Gasteiger partial charge in [0.25, 0.3) is 0 Å². The van der Waals surface area contributed by atoms with Gasteiger partial charge in [-0.2, -0.15) is 0 Å². The zero-order valence-electron chi connectivity index (χ0n) is 11.6. The molecule has 0 fully saturated rings. The van der Waals surface area contributed by atoms with E-state index in [4.69, 9.17) is 9.15 Å². The third kappa shape index (κ3) is 4.24. The van der Waals surface area contributed by atoms with Gasteiger partial charge in [-0.3, -0.25) is 4.79 Å². The van der Waals surface area contributed by atoms with Crippen LogP contribution in [0.25, 0.3) is 0 Å². The van der Waals surface area contributed by atoms with Crippen molar-refractivity contribution in [1.82, 2.24) is 4.90 Å². The number of carbonyl (C=O) groups is 1. The molecule has 0 N–H and O–H groups in total. The molecule has 0 aliphatic heterocycles. The molecular weight excluding hydrogens is 254 g/mol. The topological polar surface area (TPSA) is 42.7 Å². The number of hydrogen-bond donors (Lipinski definition) is 0. The second-order valence-corrected chi connectivity index (χ2v) is 4.56. The Balaban J connectivity index is 1.97. The first-order chi connectivity index (χ1) is 9.79. The van der Waals surface area contributed by atoms with E-state index in [1.807, 2.05) is 30.3 Å². The van der Waals surface area contributed by atoms with Crippen molar-refractivity contribution in [2.24, 2.45) is 0 Å². The van der Waals surface area contributed by atoms with Crippen molar-refractivity contribution in [2.75, 3.05) is 20.3 Å². The van der Waals surface area contributed by atoms with Crippen molar-refractivity contribution < 1.29 is 13.9 Å². The summed E-state index contributed by atoms with van der Waals surface area (Å²) in [5.41, 5.74) is 1.21. The van der Waals surface area contributed by atoms with Gasteiger partial charge in [-0.25, -0.2) is 0 Å². The molecule has 20 heavy (non-hydrogen) atoms. The highest BCUT2D eigenvalue weighted by Gasteiger charge is 2.14. The SMILES string of the molecule is COCC(=O)N(CCc1ccccc1)Cc1ccco1. The maximum atomic E-state index is 12.0. The quantitative estimate of drug-likeness (QED) is 0.778. The van der Waals surface area contributed by atoms with Crippen LogP contribution < -0.4 is 0 Å². The minimum Gasteiger partial charge on any atom is -0.467 e. The highest BCUT2D eigenvalue weighted by Crippen LogP contribution is 2.08. The lowest BCUT2D eigenvalue weighted by molar-refractivity contribution is -0.136. The first-order valence-electron chi connectivity index (χ1n) is 6.62. The van der Waals surface area contributed by atoms with Crippen molar-refractivity contribution >= 4 is 5.91 Å². The number of methoxy groups -OCH3 is 1. The van der Waals surface area contributed by atoms with E-state index in [0.717, 1.165) is 12.2 Å². The van der Waals surface area contributed by atoms with Gasteiger partial charge in [0, 0.05) is 13.7 Å². The van der Waals surface area contributed by atoms with E-state index < -0.39 is 0 Å². The standard InChI is InChI=1S/C16H19NO3/c1-19-13-16(18)17(12-15-8-5-11-20-15)10-9-14-6-3-2-4-7-14/h2-8,11H,9-10,12-13H2,1H3. The zero-order chi connectivity index (χ0) is 14.2. The molecule has 106 valence electrons. The van der Waals surface area contributed by atoms with Crippen LogP contribution in [-0.4, -0.2) is 31.1 Å². The van der Waals surface area contributed by atoms with E-state index in [9.17, 15) is 4.79 Å². The third-order valence-corrected chi connectivity index (χ3v) is 3.06. The molecule has 2 aromatic rings. The Kier molecular flexibility index (Phi) is 5.38. The number of ether oxygens (including phenoxy) is 1. The maximum Gasteiger partial charge on any atom is 0.248 e. The predicted molar refractivity (Wildman–Crippen MR) is 76.1 cm³/mol. The monoisotopic (exact) mass is 273 g/mol. The summed E-state index contributed by atoms with van der Waals surface area (Å²) in [4.78, 5) is 13.8. The van der Waals surface area contributed by atoms with Crippen LogP contribution in [0, 0.1) is 0 Å². The Morgan fingerprint density at radius 2 is 2.00 bits per heavy atom. The van der Waals surface area contributed by atoms with E-state index >= 15 is 0 Å². The zero-order valence-corrected chi connectivity index (χ0v) is 11.6. The largest absolute Gasteiger partial charge is 0.467 e. The molecule has 1 heterocycles. The molecule has 4 heteroatoms. The average molecular weight is 273 g/mol. The molecule has 0 saturated carbocycles. The van der Waals surface area contributed by atoms with Gasteiger partial charge < -0.3 is 14.1 Å². The third-order valence-electron chi connectivity index (χ3n) is 3.06. The Morgan fingerprint density at radius 1 is 1.20 bits per heavy atom. The number of benzene rings is 1. The highest BCUT2D eigenvalue weighted by molar-refractivity contribution is 5.77. The molecule has 4 nitrogen and oxygen atoms in total. The minimum absolute atomic E-state index is 0.0279. The normalized spacial score (nSPS) is 10.4. The number of furan rings is 1. The van der Waals surface area contributed by atoms with Gasteiger partial charge >= 0.3 is 0 Å². The summed E-state index contributed by atoms with van der Waals surface area (Å²) in [5, 5.41) is 0. The number of amides is 1. The van der Waals surface area contributed by atoms with Gasteiger partial charge in [-0.05, 0) is 24.1 Å². The van der Waals surface area contributed by atoms with Crippen molar-refractivity contribution in [3.05, 3.63) is 60.1 Å². The molecular formula is C16H19NO3. The second-order valence-electron chi connectivity index (χ2n) is 4.56. The second kappa shape index (κ2) is 7.50. The van der Waals surface area contributed by atoms with Crippen LogP contribution in [0.3, 0.4) is 0 Å². The maximum absolute atomic E-state index is 12.0. The molecule has 1 aromatic carbocycles. The van der Waals surface area contributed by atoms with Crippen molar-refractivity contribution in [2.45, 2.75) is 13.0 Å². The fraction of sp³-hybridized carbons (Fsp3) is 0.312. The van der Waals surface area contributed by atoms with Crippen molar-refractivity contribution in [3.8, 4) is 0 Å². The summed E-state index contributed by atoms with van der Waals surface area (Å²) in [6.45, 7) is 1.21. The summed E-state index contributed by atoms with van der Waals surface area (Å²) in [6, 6.07) is 13.8. The number of hydrogen-bond acceptors (Lipinski definition) is 3. The van der Waals surface area contributed by atoms with Crippen LogP contribution in [0.5, 0.6) is 0 Å². The van der Waals surface area contributed by atoms with Crippen molar-refractivity contribution in [1.29, 1.82) is 0 Å². The summed E-state index contributed by atoms with van der Waals surface area (Å²) >= 11 is 0. The molecule has 0 atom stereocenters. The summed E-state index contributed by atoms with van der Waals surface area (Å²) in [7, 11) is 1.53. The number of carbonyl (C=O) groups excluding carboxylic acids is 1. The van der Waals surface area contributed by atoms with Gasteiger partial charge in [0.15, 0.2) is 0 Å². The molecule has 0 unspecified atom stereocenters. The fourth-order valence-electron chi connectivity index (χ4n) is 2.01. The van der Waals surface area contributed by atoms with E-state index in [0.29, 0.717) is 13.1 Å². The van der Waals surface area contributed by atoms with Gasteiger partial charge in [0.05, 0.1) is 12.8 Å². The summed E-state index contributed by atoms with van der Waals surface area (Å²) < 4.78 is 10.2. The molecule has 0 bridgehead atoms. The lowest BCUT2D eigenvalue weighted by Crippen LogP contribution is -2.34. The van der Waals surface area contributed by atoms with Crippen LogP contribution in [0.2, 0.25) is 0 Å². The lowest BCUT2D eigenvalue weighted by Gasteiger charge is -2.21. The van der Waals surface area contributed by atoms with Crippen LogP contribution in [-0.2, 0) is 22.5 Å². The van der Waals surface area contributed by atoms with Crippen LogP contribution in [0.1, 0.15) is 11.3 Å². The Bertz CT molecular complexity index is 508. The van der Waals surface area contributed by atoms with Gasteiger partial charge in [-0.1, -0.05) is 30.3 Å². The lowest BCUT2D eigenvalue weighted by atomic mass is 10.1. The Labute approximate surface area is 119 Å². The van der Waals surface area contributed by atoms with Gasteiger partial charge in [0.2, 0.25) is 5.91 Å². The minimum atomic E-state index is -0.0279. The smallest absolute Gasteiger partial charge is 0.248 e. The molecule has 1 amide bonds. The number of rotatable bonds is 7. The van der Waals surface area contributed by atoms with Crippen LogP contribution in [0.15, 0.2) is 53.1 Å². The molecule has 0 aliphatic carbocycles. The first-order valence-corrected chi connectivity index (χ1v) is 6.62. The van der Waals surface area contributed by atoms with Crippen LogP contribution >= 0.6 is 0 Å². The first kappa shape index (κ1) is 14.3. The summed E-state index contributed by atoms with van der Waals surface area (Å²) in [5.74, 6) is 0.752. The number of nitrogens with zero attached hydrogens (tertiary/aromatic N) is 1. The molecule has 1 aromatic heterocycles. The summed E-state index contributed by atoms with van der Waals surface area (Å²) in [6.07, 6.45) is 2.43. The van der Waals surface area contributed by atoms with E-state index in [1.54, 1.807) is 11.2 Å². The molecule has 0 radical (unpaired) electrons. The van der Waals surface area contributed by atoms with Crippen molar-refractivity contribution in [3.63, 3.8) is 0 Å². The van der Waals surface area contributed by atoms with Crippen LogP contribution in [0.4, 0.5) is 0 Å². The molecule has 0 spiro atoms. The highest BCUT2D eigenvalue weighted by atomic mass is 16.5. The van der Waals surface area contributed by atoms with E-state index in [1.165, 1.54) is 12.7 Å². The average Bonchev–Trinajstić information content (AvgIpc) is 2.97. The fourth-order valence-corrected chi connectivity index (χ4v) is 2.01.